The zero-order chi connectivity index (χ0) is 6.78. The monoisotopic (exact) mass is 170 g/mol. The molecule has 0 rings (SSSR count). The normalized spacial score (nSPS) is 14.2. The molecule has 0 bridgehead atoms. The van der Waals surface area contributed by atoms with Gasteiger partial charge in [0.25, 0.3) is 0 Å². The van der Waals surface area contributed by atoms with Gasteiger partial charge < -0.3 is 0 Å². The van der Waals surface area contributed by atoms with Crippen LogP contribution < -0.4 is 0 Å². The van der Waals surface area contributed by atoms with Crippen LogP contribution in [0.2, 0.25) is 5.04 Å². The Labute approximate surface area is 63.4 Å². The average molecular weight is 171 g/mol. The summed E-state index contributed by atoms with van der Waals surface area (Å²) >= 11 is 11.2. The number of halogens is 2. The Hall–Kier alpha value is 0.797. The van der Waals surface area contributed by atoms with Crippen molar-refractivity contribution >= 4 is 32.7 Å². The Bertz CT molecular complexity index is 65.3. The number of rotatable bonds is 1. The molecule has 0 spiro atoms. The highest BCUT2D eigenvalue weighted by Gasteiger charge is 2.14. The van der Waals surface area contributed by atoms with Crippen LogP contribution in [0.25, 0.3) is 0 Å². The van der Waals surface area contributed by atoms with E-state index < -0.39 is 0 Å². The van der Waals surface area contributed by atoms with Crippen LogP contribution in [-0.4, -0.2) is 14.0 Å². The van der Waals surface area contributed by atoms with Crippen molar-refractivity contribution in [2.75, 3.05) is 0 Å². The lowest BCUT2D eigenvalue weighted by atomic mass is 10.3. The van der Waals surface area contributed by atoms with Gasteiger partial charge in [0.05, 0.1) is 14.0 Å². The standard InChI is InChI=1S/C5H12Cl2Si/c1-5(2,3)8-4(6)7/h4H,8H2,1-3H3. The molecule has 0 aromatic carbocycles. The van der Waals surface area contributed by atoms with Crippen molar-refractivity contribution in [3.05, 3.63) is 0 Å². The molecular formula is C5H12Cl2Si. The van der Waals surface area contributed by atoms with Crippen LogP contribution in [0.5, 0.6) is 0 Å². The molecule has 0 heterocycles. The van der Waals surface area contributed by atoms with Gasteiger partial charge in [0.15, 0.2) is 0 Å². The first kappa shape index (κ1) is 8.80. The highest BCUT2D eigenvalue weighted by atomic mass is 35.5. The van der Waals surface area contributed by atoms with Gasteiger partial charge in [-0.25, -0.2) is 0 Å². The molecule has 3 heteroatoms. The van der Waals surface area contributed by atoms with E-state index in [-0.39, 0.29) is 14.0 Å². The molecule has 8 heavy (non-hydrogen) atoms. The van der Waals surface area contributed by atoms with Crippen LogP contribution in [0.15, 0.2) is 0 Å². The van der Waals surface area contributed by atoms with Gasteiger partial charge in [-0.05, 0) is 5.04 Å². The van der Waals surface area contributed by atoms with Crippen LogP contribution in [0.4, 0.5) is 0 Å². The van der Waals surface area contributed by atoms with Crippen molar-refractivity contribution in [1.29, 1.82) is 0 Å². The smallest absolute Gasteiger partial charge is 0.0913 e. The largest absolute Gasteiger partial charge is 0.110 e. The molecule has 0 saturated carbocycles. The van der Waals surface area contributed by atoms with Crippen LogP contribution in [0.1, 0.15) is 20.8 Å². The van der Waals surface area contributed by atoms with Crippen LogP contribution in [-0.2, 0) is 0 Å². The lowest BCUT2D eigenvalue weighted by Gasteiger charge is -2.16. The van der Waals surface area contributed by atoms with Gasteiger partial charge in [-0.15, -0.1) is 23.2 Å². The summed E-state index contributed by atoms with van der Waals surface area (Å²) in [6, 6.07) is 0. The van der Waals surface area contributed by atoms with Crippen molar-refractivity contribution in [1.82, 2.24) is 0 Å². The number of hydrogen-bond acceptors (Lipinski definition) is 0. The molecule has 0 amide bonds. The molecule has 50 valence electrons. The zero-order valence-electron chi connectivity index (χ0n) is 5.54. The fourth-order valence-corrected chi connectivity index (χ4v) is 4.17. The van der Waals surface area contributed by atoms with Gasteiger partial charge in [-0.1, -0.05) is 20.8 Å². The molecule has 0 N–H and O–H groups in total. The van der Waals surface area contributed by atoms with Gasteiger partial charge in [0.1, 0.15) is 0 Å². The summed E-state index contributed by atoms with van der Waals surface area (Å²) in [5.41, 5.74) is 0. The van der Waals surface area contributed by atoms with E-state index in [1.807, 2.05) is 0 Å². The van der Waals surface area contributed by atoms with E-state index in [2.05, 4.69) is 20.8 Å². The molecule has 0 aromatic rings. The molecule has 0 atom stereocenters. The third-order valence-corrected chi connectivity index (χ3v) is 3.23. The summed E-state index contributed by atoms with van der Waals surface area (Å²) in [7, 11) is -0.285. The van der Waals surface area contributed by atoms with Crippen LogP contribution in [0.3, 0.4) is 0 Å². The Morgan fingerprint density at radius 2 is 1.62 bits per heavy atom. The van der Waals surface area contributed by atoms with E-state index in [0.29, 0.717) is 5.04 Å². The molecule has 0 saturated heterocycles. The zero-order valence-corrected chi connectivity index (χ0v) is 8.47. The maximum Gasteiger partial charge on any atom is 0.0913 e. The Kier molecular flexibility index (Phi) is 3.40. The van der Waals surface area contributed by atoms with Crippen molar-refractivity contribution < 1.29 is 0 Å². The second-order valence-electron chi connectivity index (χ2n) is 3.16. The predicted molar refractivity (Wildman–Crippen MR) is 43.8 cm³/mol. The van der Waals surface area contributed by atoms with E-state index in [0.717, 1.165) is 0 Å². The fourth-order valence-electron chi connectivity index (χ4n) is 0.463. The molecule has 0 aromatic heterocycles. The summed E-state index contributed by atoms with van der Waals surface area (Å²) in [5.74, 6) is 0. The highest BCUT2D eigenvalue weighted by molar-refractivity contribution is 6.69. The lowest BCUT2D eigenvalue weighted by Crippen LogP contribution is -2.14. The minimum absolute atomic E-state index is 0.0741. The van der Waals surface area contributed by atoms with Crippen molar-refractivity contribution in [2.24, 2.45) is 0 Å². The molecule has 0 aliphatic carbocycles. The molecule has 0 aliphatic heterocycles. The summed E-state index contributed by atoms with van der Waals surface area (Å²) in [5, 5.41) is 0.397. The molecule has 0 aliphatic rings. The first-order valence-corrected chi connectivity index (χ1v) is 5.09. The van der Waals surface area contributed by atoms with Crippen LogP contribution in [0, 0.1) is 0 Å². The van der Waals surface area contributed by atoms with Gasteiger partial charge >= 0.3 is 0 Å². The van der Waals surface area contributed by atoms with Gasteiger partial charge in [-0.2, -0.15) is 0 Å². The Balaban J connectivity index is 3.39. The summed E-state index contributed by atoms with van der Waals surface area (Å²) in [4.78, 5) is 0. The first-order valence-electron chi connectivity index (χ1n) is 2.70. The fraction of sp³-hybridized carbons (Fsp3) is 1.00. The maximum atomic E-state index is 5.59. The van der Waals surface area contributed by atoms with Crippen molar-refractivity contribution in [2.45, 2.75) is 30.3 Å². The van der Waals surface area contributed by atoms with E-state index in [1.54, 1.807) is 0 Å². The SMILES string of the molecule is CC(C)(C)[SiH2]C(Cl)Cl. The number of alkyl halides is 2. The minimum Gasteiger partial charge on any atom is -0.110 e. The third-order valence-electron chi connectivity index (χ3n) is 0.767. The van der Waals surface area contributed by atoms with Gasteiger partial charge in [0, 0.05) is 0 Å². The summed E-state index contributed by atoms with van der Waals surface area (Å²) in [6.45, 7) is 6.53. The third kappa shape index (κ3) is 6.80. The molecule has 0 radical (unpaired) electrons. The average Bonchev–Trinajstić information content (AvgIpc) is 1.21. The Morgan fingerprint density at radius 3 is 1.62 bits per heavy atom. The van der Waals surface area contributed by atoms with E-state index in [1.165, 1.54) is 0 Å². The predicted octanol–water partition coefficient (Wildman–Crippen LogP) is 2.13. The van der Waals surface area contributed by atoms with Crippen LogP contribution >= 0.6 is 23.2 Å². The first-order chi connectivity index (χ1) is 3.42. The minimum atomic E-state index is -0.285. The van der Waals surface area contributed by atoms with Gasteiger partial charge in [-0.3, -0.25) is 0 Å². The van der Waals surface area contributed by atoms with E-state index >= 15 is 0 Å². The summed E-state index contributed by atoms with van der Waals surface area (Å²) in [6.07, 6.45) is 0. The second-order valence-corrected chi connectivity index (χ2v) is 8.81. The molecular weight excluding hydrogens is 159 g/mol. The maximum absolute atomic E-state index is 5.59. The lowest BCUT2D eigenvalue weighted by molar-refractivity contribution is 0.753. The highest BCUT2D eigenvalue weighted by Crippen LogP contribution is 2.23. The second kappa shape index (κ2) is 3.09. The van der Waals surface area contributed by atoms with Crippen molar-refractivity contribution in [3.8, 4) is 0 Å². The summed E-state index contributed by atoms with van der Waals surface area (Å²) < 4.78 is -0.0741. The topological polar surface area (TPSA) is 0 Å². The quantitative estimate of drug-likeness (QED) is 0.419. The molecule has 0 fully saturated rings. The van der Waals surface area contributed by atoms with E-state index in [4.69, 9.17) is 23.2 Å². The van der Waals surface area contributed by atoms with Gasteiger partial charge in [0.2, 0.25) is 0 Å². The molecule has 0 nitrogen and oxygen atoms in total. The Morgan fingerprint density at radius 1 is 1.25 bits per heavy atom. The molecule has 0 unspecified atom stereocenters. The van der Waals surface area contributed by atoms with Crippen molar-refractivity contribution in [3.63, 3.8) is 0 Å². The number of hydrogen-bond donors (Lipinski definition) is 0. The van der Waals surface area contributed by atoms with E-state index in [9.17, 15) is 0 Å².